The molecule has 0 bridgehead atoms. The molecule has 0 heterocycles. The molecule has 2 aromatic carbocycles. The second kappa shape index (κ2) is 10.2. The lowest BCUT2D eigenvalue weighted by Gasteiger charge is -2.15. The highest BCUT2D eigenvalue weighted by Crippen LogP contribution is 2.31. The average Bonchev–Trinajstić information content (AvgIpc) is 2.74. The Morgan fingerprint density at radius 2 is 1.83 bits per heavy atom. The van der Waals surface area contributed by atoms with Crippen LogP contribution in [-0.4, -0.2) is 35.2 Å². The topological polar surface area (TPSA) is 127 Å². The molecule has 30 heavy (non-hydrogen) atoms. The molecule has 0 unspecified atom stereocenters. The minimum Gasteiger partial charge on any atom is -0.497 e. The van der Waals surface area contributed by atoms with Gasteiger partial charge in [0.1, 0.15) is 22.5 Å². The third kappa shape index (κ3) is 5.42. The van der Waals surface area contributed by atoms with Crippen molar-refractivity contribution in [3.05, 3.63) is 54.2 Å². The summed E-state index contributed by atoms with van der Waals surface area (Å²) in [5.74, 6) is -0.298. The number of hydrogen-bond donors (Lipinski definition) is 2. The molecule has 10 heteroatoms. The van der Waals surface area contributed by atoms with E-state index in [-0.39, 0.29) is 28.5 Å². The average molecular weight is 431 g/mol. The molecule has 0 aromatic heterocycles. The summed E-state index contributed by atoms with van der Waals surface area (Å²) >= 11 is 0. The summed E-state index contributed by atoms with van der Waals surface area (Å²) in [7, 11) is -1.27. The van der Waals surface area contributed by atoms with E-state index in [0.29, 0.717) is 11.4 Å². The van der Waals surface area contributed by atoms with Crippen LogP contribution in [-0.2, 0) is 19.6 Å². The van der Waals surface area contributed by atoms with E-state index in [4.69, 9.17) is 19.5 Å². The molecule has 0 aliphatic rings. The summed E-state index contributed by atoms with van der Waals surface area (Å²) in [6.45, 7) is 1.74. The van der Waals surface area contributed by atoms with Crippen LogP contribution in [0.1, 0.15) is 6.92 Å². The number of anilines is 2. The Hall–Kier alpha value is -3.71. The van der Waals surface area contributed by atoms with Gasteiger partial charge >= 0.3 is 5.97 Å². The Morgan fingerprint density at radius 1 is 1.13 bits per heavy atom. The van der Waals surface area contributed by atoms with E-state index in [2.05, 4.69) is 10.0 Å². The van der Waals surface area contributed by atoms with Gasteiger partial charge in [-0.3, -0.25) is 4.72 Å². The molecule has 9 nitrogen and oxygen atoms in total. The fourth-order valence-electron chi connectivity index (χ4n) is 2.39. The van der Waals surface area contributed by atoms with Crippen molar-refractivity contribution in [1.82, 2.24) is 0 Å². The second-order valence-electron chi connectivity index (χ2n) is 5.70. The minimum atomic E-state index is -4.05. The van der Waals surface area contributed by atoms with Crippen LogP contribution >= 0.6 is 0 Å². The maximum atomic E-state index is 13.0. The molecule has 0 saturated carbocycles. The van der Waals surface area contributed by atoms with Gasteiger partial charge in [-0.15, -0.1) is 0 Å². The lowest BCUT2D eigenvalue weighted by Crippen LogP contribution is -2.15. The molecule has 2 rings (SSSR count). The molecule has 0 saturated heterocycles. The van der Waals surface area contributed by atoms with Crippen LogP contribution in [0.25, 0.3) is 0 Å². The third-order valence-electron chi connectivity index (χ3n) is 3.82. The number of benzene rings is 2. The number of nitrogens with one attached hydrogen (secondary N) is 2. The number of carbonyl (C=O) groups is 1. The van der Waals surface area contributed by atoms with E-state index >= 15 is 0 Å². The van der Waals surface area contributed by atoms with Gasteiger partial charge in [0.25, 0.3) is 10.0 Å². The first-order chi connectivity index (χ1) is 14.4. The number of sulfonamides is 1. The highest BCUT2D eigenvalue weighted by Gasteiger charge is 2.22. The monoisotopic (exact) mass is 431 g/mol. The number of esters is 1. The van der Waals surface area contributed by atoms with E-state index in [9.17, 15) is 13.2 Å². The van der Waals surface area contributed by atoms with Crippen LogP contribution in [0.5, 0.6) is 11.5 Å². The minimum absolute atomic E-state index is 0.112. The number of nitriles is 1. The zero-order valence-corrected chi connectivity index (χ0v) is 17.4. The Morgan fingerprint density at radius 3 is 2.43 bits per heavy atom. The molecule has 0 aliphatic heterocycles. The fourth-order valence-corrected chi connectivity index (χ4v) is 3.65. The van der Waals surface area contributed by atoms with Crippen molar-refractivity contribution in [2.24, 2.45) is 0 Å². The summed E-state index contributed by atoms with van der Waals surface area (Å²) in [4.78, 5) is 11.6. The van der Waals surface area contributed by atoms with Crippen LogP contribution in [0.15, 0.2) is 59.1 Å². The Labute approximate surface area is 174 Å². The SMILES string of the molecule is CCOC(=O)/C(C#N)=C/Nc1ccccc1NS(=O)(=O)c1cc(OC)ccc1OC. The van der Waals surface area contributed by atoms with Crippen molar-refractivity contribution in [2.75, 3.05) is 30.9 Å². The maximum absolute atomic E-state index is 13.0. The van der Waals surface area contributed by atoms with Gasteiger partial charge in [0.2, 0.25) is 0 Å². The molecule has 2 N–H and O–H groups in total. The number of ether oxygens (including phenoxy) is 3. The summed E-state index contributed by atoms with van der Waals surface area (Å²) < 4.78 is 43.5. The van der Waals surface area contributed by atoms with Gasteiger partial charge in [-0.1, -0.05) is 12.1 Å². The number of hydrogen-bond acceptors (Lipinski definition) is 8. The molecule has 158 valence electrons. The zero-order valence-electron chi connectivity index (χ0n) is 16.6. The molecule has 2 aromatic rings. The van der Waals surface area contributed by atoms with Crippen molar-refractivity contribution < 1.29 is 27.4 Å². The smallest absolute Gasteiger partial charge is 0.350 e. The lowest BCUT2D eigenvalue weighted by molar-refractivity contribution is -0.138. The summed E-state index contributed by atoms with van der Waals surface area (Å²) in [6.07, 6.45) is 1.15. The fraction of sp³-hybridized carbons (Fsp3) is 0.200. The molecule has 0 aliphatic carbocycles. The summed E-state index contributed by atoms with van der Waals surface area (Å²) in [6, 6.07) is 12.5. The van der Waals surface area contributed by atoms with Crippen molar-refractivity contribution in [1.29, 1.82) is 5.26 Å². The largest absolute Gasteiger partial charge is 0.497 e. The van der Waals surface area contributed by atoms with Crippen molar-refractivity contribution >= 4 is 27.4 Å². The van der Waals surface area contributed by atoms with E-state index in [1.165, 1.54) is 32.4 Å². The van der Waals surface area contributed by atoms with Gasteiger partial charge in [-0.25, -0.2) is 13.2 Å². The van der Waals surface area contributed by atoms with Crippen LogP contribution in [0, 0.1) is 11.3 Å². The molecule has 0 fully saturated rings. The molecular formula is C20H21N3O6S. The predicted octanol–water partition coefficient (Wildman–Crippen LogP) is 2.89. The third-order valence-corrected chi connectivity index (χ3v) is 5.21. The van der Waals surface area contributed by atoms with Crippen molar-refractivity contribution in [3.63, 3.8) is 0 Å². The summed E-state index contributed by atoms with van der Waals surface area (Å²) in [5, 5.41) is 11.9. The maximum Gasteiger partial charge on any atom is 0.350 e. The van der Waals surface area contributed by atoms with Crippen LogP contribution in [0.3, 0.4) is 0 Å². The number of methoxy groups -OCH3 is 2. The standard InChI is InChI=1S/C20H21N3O6S/c1-4-29-20(24)14(12-21)13-22-16-7-5-6-8-17(16)23-30(25,26)19-11-15(27-2)9-10-18(19)28-3/h5-11,13,22-23H,4H2,1-3H3/b14-13+. The number of para-hydroxylation sites is 2. The highest BCUT2D eigenvalue weighted by molar-refractivity contribution is 7.92. The first kappa shape index (κ1) is 22.6. The molecule has 0 amide bonds. The Balaban J connectivity index is 2.37. The molecule has 0 radical (unpaired) electrons. The first-order valence-corrected chi connectivity index (χ1v) is 10.2. The number of nitrogens with zero attached hydrogens (tertiary/aromatic N) is 1. The van der Waals surface area contributed by atoms with E-state index in [1.807, 2.05) is 0 Å². The summed E-state index contributed by atoms with van der Waals surface area (Å²) in [5.41, 5.74) is 0.253. The Kier molecular flexibility index (Phi) is 7.66. The van der Waals surface area contributed by atoms with Crippen LogP contribution < -0.4 is 19.5 Å². The molecule has 0 spiro atoms. The van der Waals surface area contributed by atoms with Crippen LogP contribution in [0.4, 0.5) is 11.4 Å². The van der Waals surface area contributed by atoms with Gasteiger partial charge < -0.3 is 19.5 Å². The van der Waals surface area contributed by atoms with E-state index < -0.39 is 16.0 Å². The van der Waals surface area contributed by atoms with Gasteiger partial charge in [-0.2, -0.15) is 5.26 Å². The van der Waals surface area contributed by atoms with Crippen molar-refractivity contribution in [2.45, 2.75) is 11.8 Å². The van der Waals surface area contributed by atoms with E-state index in [1.54, 1.807) is 37.3 Å². The Bertz CT molecular complexity index is 1090. The highest BCUT2D eigenvalue weighted by atomic mass is 32.2. The van der Waals surface area contributed by atoms with Crippen LogP contribution in [0.2, 0.25) is 0 Å². The van der Waals surface area contributed by atoms with Gasteiger partial charge in [-0.05, 0) is 31.2 Å². The molecule has 0 atom stereocenters. The normalized spacial score (nSPS) is 11.2. The predicted molar refractivity (Wildman–Crippen MR) is 111 cm³/mol. The van der Waals surface area contributed by atoms with E-state index in [0.717, 1.165) is 6.20 Å². The number of rotatable bonds is 9. The van der Waals surface area contributed by atoms with Gasteiger partial charge in [0, 0.05) is 12.3 Å². The first-order valence-electron chi connectivity index (χ1n) is 8.74. The number of carbonyl (C=O) groups excluding carboxylic acids is 1. The van der Waals surface area contributed by atoms with Gasteiger partial charge in [0.15, 0.2) is 5.57 Å². The van der Waals surface area contributed by atoms with Gasteiger partial charge in [0.05, 0.1) is 32.2 Å². The molecular weight excluding hydrogens is 410 g/mol. The quantitative estimate of drug-likeness (QED) is 0.352. The lowest BCUT2D eigenvalue weighted by atomic mass is 10.2. The zero-order chi connectivity index (χ0) is 22.1. The van der Waals surface area contributed by atoms with Crippen molar-refractivity contribution in [3.8, 4) is 17.6 Å². The second-order valence-corrected chi connectivity index (χ2v) is 7.35.